The van der Waals surface area contributed by atoms with Crippen molar-refractivity contribution in [2.24, 2.45) is 11.3 Å². The number of aliphatic carboxylic acids is 1. The molecule has 0 heterocycles. The van der Waals surface area contributed by atoms with Gasteiger partial charge in [-0.3, -0.25) is 0 Å². The molecule has 0 radical (unpaired) electrons. The van der Waals surface area contributed by atoms with Gasteiger partial charge in [-0.25, -0.2) is 4.79 Å². The third-order valence-electron chi connectivity index (χ3n) is 3.27. The topological polar surface area (TPSA) is 37.3 Å². The van der Waals surface area contributed by atoms with Gasteiger partial charge in [0.1, 0.15) is 0 Å². The van der Waals surface area contributed by atoms with E-state index in [4.69, 9.17) is 5.11 Å². The van der Waals surface area contributed by atoms with Crippen LogP contribution in [0.1, 0.15) is 39.0 Å². The van der Waals surface area contributed by atoms with Crippen molar-refractivity contribution >= 4 is 5.97 Å². The van der Waals surface area contributed by atoms with E-state index < -0.39 is 5.97 Å². The first-order valence-electron chi connectivity index (χ1n) is 4.91. The number of carboxylic acid groups (broad SMARTS) is 1. The minimum absolute atomic E-state index is 0.810. The van der Waals surface area contributed by atoms with E-state index in [9.17, 15) is 4.79 Å². The molecule has 2 saturated carbocycles. The zero-order chi connectivity index (χ0) is 9.90. The number of hydrogen-bond acceptors (Lipinski definition) is 1. The van der Waals surface area contributed by atoms with Crippen molar-refractivity contribution in [2.75, 3.05) is 0 Å². The van der Waals surface area contributed by atoms with E-state index >= 15 is 0 Å². The van der Waals surface area contributed by atoms with Gasteiger partial charge in [0.15, 0.2) is 0 Å². The van der Waals surface area contributed by atoms with Gasteiger partial charge < -0.3 is 5.11 Å². The molecular weight excluding hydrogens is 164 g/mol. The second kappa shape index (κ2) is 3.95. The molecule has 2 heteroatoms. The minimum Gasteiger partial charge on any atom is -0.478 e. The lowest BCUT2D eigenvalue weighted by atomic mass is 9.87. The SMILES string of the molecule is C=CC(=O)O.CC12CCC(CC1)C2. The van der Waals surface area contributed by atoms with Gasteiger partial charge in [0.25, 0.3) is 0 Å². The van der Waals surface area contributed by atoms with Gasteiger partial charge >= 0.3 is 5.97 Å². The molecule has 2 aliphatic carbocycles. The quantitative estimate of drug-likeness (QED) is 0.633. The van der Waals surface area contributed by atoms with Crippen LogP contribution in [0.3, 0.4) is 0 Å². The maximum atomic E-state index is 9.25. The monoisotopic (exact) mass is 182 g/mol. The highest BCUT2D eigenvalue weighted by Gasteiger charge is 2.40. The van der Waals surface area contributed by atoms with Crippen molar-refractivity contribution in [2.45, 2.75) is 39.0 Å². The van der Waals surface area contributed by atoms with Crippen LogP contribution in [0.15, 0.2) is 12.7 Å². The van der Waals surface area contributed by atoms with Crippen molar-refractivity contribution < 1.29 is 9.90 Å². The van der Waals surface area contributed by atoms with Crippen LogP contribution in [0.25, 0.3) is 0 Å². The molecule has 0 amide bonds. The summed E-state index contributed by atoms with van der Waals surface area (Å²) in [6.45, 7) is 5.42. The number of hydrogen-bond donors (Lipinski definition) is 1. The average molecular weight is 182 g/mol. The standard InChI is InChI=1S/C8H14.C3H4O2/c1-8-4-2-7(6-8)3-5-8;1-2-3(4)5/h7H,2-6H2,1H3;2H,1H2,(H,4,5). The summed E-state index contributed by atoms with van der Waals surface area (Å²) in [6, 6.07) is 0. The molecule has 0 aromatic heterocycles. The number of rotatable bonds is 1. The second-order valence-corrected chi connectivity index (χ2v) is 4.50. The van der Waals surface area contributed by atoms with Crippen LogP contribution in [0.5, 0.6) is 0 Å². The lowest BCUT2D eigenvalue weighted by Crippen LogP contribution is -2.06. The van der Waals surface area contributed by atoms with Gasteiger partial charge in [-0.1, -0.05) is 13.5 Å². The summed E-state index contributed by atoms with van der Waals surface area (Å²) in [5.41, 5.74) is 0.810. The first-order chi connectivity index (χ1) is 6.06. The Balaban J connectivity index is 0.000000149. The van der Waals surface area contributed by atoms with E-state index in [1.54, 1.807) is 6.42 Å². The zero-order valence-electron chi connectivity index (χ0n) is 8.25. The Morgan fingerprint density at radius 1 is 1.54 bits per heavy atom. The zero-order valence-corrected chi connectivity index (χ0v) is 8.25. The van der Waals surface area contributed by atoms with E-state index in [0.29, 0.717) is 0 Å². The van der Waals surface area contributed by atoms with Gasteiger partial charge in [0.2, 0.25) is 0 Å². The first-order valence-corrected chi connectivity index (χ1v) is 4.91. The summed E-state index contributed by atoms with van der Waals surface area (Å²) < 4.78 is 0. The Hall–Kier alpha value is -0.790. The maximum absolute atomic E-state index is 9.25. The molecule has 0 aliphatic heterocycles. The van der Waals surface area contributed by atoms with Crippen LogP contribution in [0, 0.1) is 11.3 Å². The molecule has 0 spiro atoms. The van der Waals surface area contributed by atoms with Gasteiger partial charge in [-0.05, 0) is 43.4 Å². The summed E-state index contributed by atoms with van der Waals surface area (Å²) in [6.07, 6.45) is 8.51. The third-order valence-corrected chi connectivity index (χ3v) is 3.27. The van der Waals surface area contributed by atoms with Crippen LogP contribution in [0.4, 0.5) is 0 Å². The fraction of sp³-hybridized carbons (Fsp3) is 0.727. The highest BCUT2D eigenvalue weighted by atomic mass is 16.4. The molecule has 2 bridgehead atoms. The highest BCUT2D eigenvalue weighted by Crippen LogP contribution is 2.53. The Labute approximate surface area is 79.6 Å². The first kappa shape index (κ1) is 10.3. The fourth-order valence-electron chi connectivity index (χ4n) is 2.48. The van der Waals surface area contributed by atoms with E-state index in [1.807, 2.05) is 0 Å². The van der Waals surface area contributed by atoms with Gasteiger partial charge in [-0.15, -0.1) is 0 Å². The van der Waals surface area contributed by atoms with E-state index in [2.05, 4.69) is 13.5 Å². The molecule has 1 N–H and O–H groups in total. The van der Waals surface area contributed by atoms with Gasteiger partial charge in [-0.2, -0.15) is 0 Å². The maximum Gasteiger partial charge on any atom is 0.327 e. The highest BCUT2D eigenvalue weighted by molar-refractivity contribution is 5.78. The molecule has 13 heavy (non-hydrogen) atoms. The Kier molecular flexibility index (Phi) is 3.12. The number of carboxylic acids is 1. The number of carbonyl (C=O) groups is 1. The molecule has 0 atom stereocenters. The second-order valence-electron chi connectivity index (χ2n) is 4.50. The minimum atomic E-state index is -0.981. The lowest BCUT2D eigenvalue weighted by Gasteiger charge is -2.18. The molecule has 74 valence electrons. The third kappa shape index (κ3) is 2.87. The molecule has 2 nitrogen and oxygen atoms in total. The lowest BCUT2D eigenvalue weighted by molar-refractivity contribution is -0.131. The fourth-order valence-corrected chi connectivity index (χ4v) is 2.48. The van der Waals surface area contributed by atoms with Crippen LogP contribution in [-0.4, -0.2) is 11.1 Å². The molecule has 2 rings (SSSR count). The van der Waals surface area contributed by atoms with Crippen LogP contribution in [0.2, 0.25) is 0 Å². The molecule has 2 aliphatic rings. The predicted molar refractivity (Wildman–Crippen MR) is 52.5 cm³/mol. The van der Waals surface area contributed by atoms with Crippen molar-refractivity contribution in [3.8, 4) is 0 Å². The summed E-state index contributed by atoms with van der Waals surface area (Å²) >= 11 is 0. The Morgan fingerprint density at radius 3 is 2.08 bits per heavy atom. The molecule has 0 aromatic carbocycles. The van der Waals surface area contributed by atoms with Crippen molar-refractivity contribution in [1.82, 2.24) is 0 Å². The van der Waals surface area contributed by atoms with E-state index in [1.165, 1.54) is 25.7 Å². The van der Waals surface area contributed by atoms with Crippen LogP contribution < -0.4 is 0 Å². The van der Waals surface area contributed by atoms with Crippen LogP contribution >= 0.6 is 0 Å². The van der Waals surface area contributed by atoms with E-state index in [0.717, 1.165) is 17.4 Å². The molecule has 2 fully saturated rings. The van der Waals surface area contributed by atoms with Crippen LogP contribution in [-0.2, 0) is 4.79 Å². The van der Waals surface area contributed by atoms with Crippen molar-refractivity contribution in [1.29, 1.82) is 0 Å². The van der Waals surface area contributed by atoms with E-state index in [-0.39, 0.29) is 0 Å². The summed E-state index contributed by atoms with van der Waals surface area (Å²) in [5.74, 6) is 0.157. The number of fused-ring (bicyclic) bond motifs is 2. The predicted octanol–water partition coefficient (Wildman–Crippen LogP) is 2.84. The molecule has 0 aromatic rings. The Morgan fingerprint density at radius 2 is 2.00 bits per heavy atom. The van der Waals surface area contributed by atoms with Crippen molar-refractivity contribution in [3.05, 3.63) is 12.7 Å². The smallest absolute Gasteiger partial charge is 0.327 e. The molecular formula is C11H18O2. The Bertz CT molecular complexity index is 200. The molecule has 0 unspecified atom stereocenters. The molecule has 0 saturated heterocycles. The normalized spacial score (nSPS) is 35.0. The van der Waals surface area contributed by atoms with Gasteiger partial charge in [0, 0.05) is 6.08 Å². The van der Waals surface area contributed by atoms with Crippen molar-refractivity contribution in [3.63, 3.8) is 0 Å². The summed E-state index contributed by atoms with van der Waals surface area (Å²) in [5, 5.41) is 7.60. The summed E-state index contributed by atoms with van der Waals surface area (Å²) in [4.78, 5) is 9.25. The van der Waals surface area contributed by atoms with Gasteiger partial charge in [0.05, 0.1) is 0 Å². The largest absolute Gasteiger partial charge is 0.478 e. The average Bonchev–Trinajstić information content (AvgIpc) is 2.62. The summed E-state index contributed by atoms with van der Waals surface area (Å²) in [7, 11) is 0.